The van der Waals surface area contributed by atoms with Crippen molar-refractivity contribution in [1.29, 1.82) is 0 Å². The molecule has 1 rings (SSSR count). The summed E-state index contributed by atoms with van der Waals surface area (Å²) in [6.45, 7) is 5.19. The maximum atomic E-state index is 5.68. The molecule has 0 heterocycles. The molecule has 0 spiro atoms. The Balaban J connectivity index is 2.92. The van der Waals surface area contributed by atoms with Crippen molar-refractivity contribution in [2.75, 3.05) is 20.7 Å². The smallest absolute Gasteiger partial charge is 0.118 e. The molecule has 0 saturated carbocycles. The Hall–Kier alpha value is -1.06. The summed E-state index contributed by atoms with van der Waals surface area (Å²) in [4.78, 5) is 0. The van der Waals surface area contributed by atoms with Crippen LogP contribution in [0.5, 0.6) is 5.75 Å². The van der Waals surface area contributed by atoms with E-state index in [4.69, 9.17) is 10.5 Å². The van der Waals surface area contributed by atoms with Gasteiger partial charge < -0.3 is 15.8 Å². The first-order valence-electron chi connectivity index (χ1n) is 6.06. The number of hydrogen-bond acceptors (Lipinski definition) is 3. The third-order valence-electron chi connectivity index (χ3n) is 3.31. The standard InChI is InChI=1S/C14H24N2O/c1-14(2,9-10-15)13(16-3)11-5-7-12(17-4)8-6-11/h5-8,13,16H,9-10,15H2,1-4H3. The Kier molecular flexibility index (Phi) is 4.97. The van der Waals surface area contributed by atoms with Gasteiger partial charge in [0, 0.05) is 6.04 Å². The van der Waals surface area contributed by atoms with E-state index in [9.17, 15) is 0 Å². The van der Waals surface area contributed by atoms with Crippen LogP contribution < -0.4 is 15.8 Å². The fourth-order valence-electron chi connectivity index (χ4n) is 2.32. The van der Waals surface area contributed by atoms with E-state index in [-0.39, 0.29) is 5.41 Å². The highest BCUT2D eigenvalue weighted by atomic mass is 16.5. The van der Waals surface area contributed by atoms with Gasteiger partial charge in [-0.3, -0.25) is 0 Å². The van der Waals surface area contributed by atoms with Gasteiger partial charge in [0.1, 0.15) is 5.75 Å². The van der Waals surface area contributed by atoms with Crippen LogP contribution in [0.1, 0.15) is 31.9 Å². The van der Waals surface area contributed by atoms with Gasteiger partial charge in [-0.05, 0) is 43.1 Å². The van der Waals surface area contributed by atoms with Gasteiger partial charge in [0.2, 0.25) is 0 Å². The van der Waals surface area contributed by atoms with Crippen molar-refractivity contribution in [2.24, 2.45) is 11.1 Å². The fourth-order valence-corrected chi connectivity index (χ4v) is 2.32. The Morgan fingerprint density at radius 1 is 1.29 bits per heavy atom. The molecule has 0 aliphatic rings. The summed E-state index contributed by atoms with van der Waals surface area (Å²) in [6.07, 6.45) is 0.991. The molecule has 1 atom stereocenters. The third kappa shape index (κ3) is 3.45. The van der Waals surface area contributed by atoms with Crippen LogP contribution in [0.25, 0.3) is 0 Å². The lowest BCUT2D eigenvalue weighted by Crippen LogP contribution is -2.33. The van der Waals surface area contributed by atoms with Crippen LogP contribution in [0.4, 0.5) is 0 Å². The highest BCUT2D eigenvalue weighted by Crippen LogP contribution is 2.36. The first kappa shape index (κ1) is 14.0. The minimum absolute atomic E-state index is 0.137. The molecular formula is C14H24N2O. The highest BCUT2D eigenvalue weighted by molar-refractivity contribution is 5.30. The molecule has 3 heteroatoms. The number of rotatable bonds is 6. The average Bonchev–Trinajstić information content (AvgIpc) is 2.30. The lowest BCUT2D eigenvalue weighted by molar-refractivity contribution is 0.239. The second-order valence-electron chi connectivity index (χ2n) is 5.02. The summed E-state index contributed by atoms with van der Waals surface area (Å²) in [7, 11) is 3.68. The molecule has 3 N–H and O–H groups in total. The first-order chi connectivity index (χ1) is 8.05. The number of methoxy groups -OCH3 is 1. The van der Waals surface area contributed by atoms with E-state index in [0.29, 0.717) is 12.6 Å². The van der Waals surface area contributed by atoms with Gasteiger partial charge in [-0.2, -0.15) is 0 Å². The summed E-state index contributed by atoms with van der Waals surface area (Å²) in [6, 6.07) is 8.52. The van der Waals surface area contributed by atoms with Crippen LogP contribution in [0, 0.1) is 5.41 Å². The lowest BCUT2D eigenvalue weighted by Gasteiger charge is -2.34. The van der Waals surface area contributed by atoms with Crippen LogP contribution >= 0.6 is 0 Å². The molecule has 0 aromatic heterocycles. The Labute approximate surface area is 104 Å². The second-order valence-corrected chi connectivity index (χ2v) is 5.02. The molecule has 96 valence electrons. The van der Waals surface area contributed by atoms with Crippen molar-refractivity contribution in [1.82, 2.24) is 5.32 Å². The molecule has 0 amide bonds. The number of nitrogens with one attached hydrogen (secondary N) is 1. The van der Waals surface area contributed by atoms with Crippen molar-refractivity contribution in [3.05, 3.63) is 29.8 Å². The van der Waals surface area contributed by atoms with Gasteiger partial charge >= 0.3 is 0 Å². The van der Waals surface area contributed by atoms with Crippen LogP contribution in [-0.2, 0) is 0 Å². The number of benzene rings is 1. The average molecular weight is 236 g/mol. The molecule has 17 heavy (non-hydrogen) atoms. The van der Waals surface area contributed by atoms with Gasteiger partial charge in [-0.15, -0.1) is 0 Å². The molecule has 0 aliphatic heterocycles. The molecule has 0 bridgehead atoms. The van der Waals surface area contributed by atoms with Crippen molar-refractivity contribution in [3.63, 3.8) is 0 Å². The van der Waals surface area contributed by atoms with E-state index in [1.165, 1.54) is 5.56 Å². The van der Waals surface area contributed by atoms with E-state index in [2.05, 4.69) is 31.3 Å². The SMILES string of the molecule is CNC(c1ccc(OC)cc1)C(C)(C)CCN. The third-order valence-corrected chi connectivity index (χ3v) is 3.31. The van der Waals surface area contributed by atoms with E-state index in [1.807, 2.05) is 19.2 Å². The molecule has 0 saturated heterocycles. The van der Waals surface area contributed by atoms with Gasteiger partial charge in [0.15, 0.2) is 0 Å². The largest absolute Gasteiger partial charge is 0.497 e. The highest BCUT2D eigenvalue weighted by Gasteiger charge is 2.28. The van der Waals surface area contributed by atoms with Crippen molar-refractivity contribution < 1.29 is 4.74 Å². The van der Waals surface area contributed by atoms with Gasteiger partial charge in [-0.25, -0.2) is 0 Å². The summed E-state index contributed by atoms with van der Waals surface area (Å²) < 4.78 is 5.18. The summed E-state index contributed by atoms with van der Waals surface area (Å²) >= 11 is 0. The minimum Gasteiger partial charge on any atom is -0.497 e. The Morgan fingerprint density at radius 3 is 2.29 bits per heavy atom. The Morgan fingerprint density at radius 2 is 1.88 bits per heavy atom. The maximum Gasteiger partial charge on any atom is 0.118 e. The molecule has 0 aliphatic carbocycles. The summed E-state index contributed by atoms with van der Waals surface area (Å²) in [5.41, 5.74) is 7.09. The molecule has 1 aromatic rings. The van der Waals surface area contributed by atoms with E-state index < -0.39 is 0 Å². The molecular weight excluding hydrogens is 212 g/mol. The second kappa shape index (κ2) is 6.03. The van der Waals surface area contributed by atoms with Crippen LogP contribution in [0.3, 0.4) is 0 Å². The zero-order valence-corrected chi connectivity index (χ0v) is 11.3. The predicted octanol–water partition coefficient (Wildman–Crippen LogP) is 2.33. The van der Waals surface area contributed by atoms with Crippen molar-refractivity contribution >= 4 is 0 Å². The van der Waals surface area contributed by atoms with Crippen molar-refractivity contribution in [2.45, 2.75) is 26.3 Å². The maximum absolute atomic E-state index is 5.68. The van der Waals surface area contributed by atoms with Crippen LogP contribution in [0.15, 0.2) is 24.3 Å². The molecule has 0 fully saturated rings. The topological polar surface area (TPSA) is 47.3 Å². The monoisotopic (exact) mass is 236 g/mol. The number of ether oxygens (including phenoxy) is 1. The van der Waals surface area contributed by atoms with Crippen molar-refractivity contribution in [3.8, 4) is 5.75 Å². The number of nitrogens with two attached hydrogens (primary N) is 1. The Bertz CT molecular complexity index is 333. The zero-order valence-electron chi connectivity index (χ0n) is 11.3. The fraction of sp³-hybridized carbons (Fsp3) is 0.571. The molecule has 1 aromatic carbocycles. The van der Waals surface area contributed by atoms with Gasteiger partial charge in [0.05, 0.1) is 7.11 Å². The van der Waals surface area contributed by atoms with Gasteiger partial charge in [0.25, 0.3) is 0 Å². The zero-order chi connectivity index (χ0) is 12.9. The van der Waals surface area contributed by atoms with E-state index in [0.717, 1.165) is 12.2 Å². The minimum atomic E-state index is 0.137. The first-order valence-corrected chi connectivity index (χ1v) is 6.06. The molecule has 0 radical (unpaired) electrons. The van der Waals surface area contributed by atoms with E-state index >= 15 is 0 Å². The van der Waals surface area contributed by atoms with Gasteiger partial charge in [-0.1, -0.05) is 26.0 Å². The van der Waals surface area contributed by atoms with E-state index in [1.54, 1.807) is 7.11 Å². The molecule has 1 unspecified atom stereocenters. The van der Waals surface area contributed by atoms with Crippen LogP contribution in [-0.4, -0.2) is 20.7 Å². The molecule has 3 nitrogen and oxygen atoms in total. The van der Waals surface area contributed by atoms with Crippen LogP contribution in [0.2, 0.25) is 0 Å². The normalized spacial score (nSPS) is 13.5. The predicted molar refractivity (Wildman–Crippen MR) is 72.2 cm³/mol. The summed E-state index contributed by atoms with van der Waals surface area (Å²) in [5.74, 6) is 0.889. The quantitative estimate of drug-likeness (QED) is 0.797. The number of hydrogen-bond donors (Lipinski definition) is 2. The lowest BCUT2D eigenvalue weighted by atomic mass is 9.78. The summed E-state index contributed by atoms with van der Waals surface area (Å²) in [5, 5.41) is 3.38.